The zero-order valence-electron chi connectivity index (χ0n) is 27.9. The van der Waals surface area contributed by atoms with Gasteiger partial charge >= 0.3 is 0 Å². The molecule has 0 aliphatic carbocycles. The zero-order chi connectivity index (χ0) is 34.3. The fourth-order valence-corrected chi connectivity index (χ4v) is 8.34. The number of nitrogens with zero attached hydrogens (tertiary/aromatic N) is 4. The van der Waals surface area contributed by atoms with Gasteiger partial charge in [0.15, 0.2) is 0 Å². The minimum Gasteiger partial charge on any atom is -0.277 e. The fraction of sp³-hybridized carbons (Fsp3) is 0. The molecule has 5 heteroatoms. The van der Waals surface area contributed by atoms with Crippen molar-refractivity contribution in [3.63, 3.8) is 0 Å². The first-order chi connectivity index (χ1) is 25.8. The predicted octanol–water partition coefficient (Wildman–Crippen LogP) is 11.2. The monoisotopic (exact) mass is 664 g/mol. The van der Waals surface area contributed by atoms with Gasteiger partial charge in [-0.1, -0.05) is 140 Å². The Bertz CT molecular complexity index is 3310. The SMILES string of the molecule is O=c1c2c3ccccc3c3c4ccccc4n(-c4nc(-c5ccccc5)c5c(ccc6ccccc65)n4)c3c2c2ccccc2n1-c1ccccc1. The smallest absolute Gasteiger partial charge is 0.264 e. The summed E-state index contributed by atoms with van der Waals surface area (Å²) >= 11 is 0. The average molecular weight is 665 g/mol. The molecule has 11 rings (SSSR count). The molecule has 0 radical (unpaired) electrons. The summed E-state index contributed by atoms with van der Waals surface area (Å²) in [6.07, 6.45) is 0. The van der Waals surface area contributed by atoms with Crippen molar-refractivity contribution in [1.82, 2.24) is 19.1 Å². The van der Waals surface area contributed by atoms with Crippen LogP contribution in [0.25, 0.3) is 98.8 Å². The lowest BCUT2D eigenvalue weighted by atomic mass is 9.95. The number of aromatic nitrogens is 4. The summed E-state index contributed by atoms with van der Waals surface area (Å²) in [5.41, 5.74) is 6.24. The van der Waals surface area contributed by atoms with Crippen LogP contribution in [0.1, 0.15) is 0 Å². The Hall–Kier alpha value is -7.11. The first kappa shape index (κ1) is 28.7. The van der Waals surface area contributed by atoms with Gasteiger partial charge in [-0.05, 0) is 51.9 Å². The van der Waals surface area contributed by atoms with E-state index in [0.717, 1.165) is 87.5 Å². The molecular weight excluding hydrogens is 637 g/mol. The first-order valence-corrected chi connectivity index (χ1v) is 17.5. The molecule has 0 unspecified atom stereocenters. The highest BCUT2D eigenvalue weighted by molar-refractivity contribution is 6.36. The second-order valence-corrected chi connectivity index (χ2v) is 13.3. The molecule has 0 bridgehead atoms. The highest BCUT2D eigenvalue weighted by Gasteiger charge is 2.25. The molecule has 3 heterocycles. The van der Waals surface area contributed by atoms with Gasteiger partial charge in [0.2, 0.25) is 5.95 Å². The van der Waals surface area contributed by atoms with E-state index in [-0.39, 0.29) is 5.56 Å². The van der Waals surface area contributed by atoms with Crippen LogP contribution in [-0.2, 0) is 0 Å². The number of pyridine rings is 1. The van der Waals surface area contributed by atoms with Crippen molar-refractivity contribution in [2.24, 2.45) is 0 Å². The minimum absolute atomic E-state index is 0.0642. The van der Waals surface area contributed by atoms with E-state index >= 15 is 4.79 Å². The van der Waals surface area contributed by atoms with Gasteiger partial charge in [0.1, 0.15) is 0 Å². The summed E-state index contributed by atoms with van der Waals surface area (Å²) in [5, 5.41) is 9.89. The van der Waals surface area contributed by atoms with Crippen LogP contribution in [0.4, 0.5) is 0 Å². The summed E-state index contributed by atoms with van der Waals surface area (Å²) in [5.74, 6) is 0.556. The van der Waals surface area contributed by atoms with E-state index in [1.807, 2.05) is 59.2 Å². The van der Waals surface area contributed by atoms with E-state index in [1.54, 1.807) is 0 Å². The highest BCUT2D eigenvalue weighted by Crippen LogP contribution is 2.44. The molecule has 0 saturated heterocycles. The maximum atomic E-state index is 15.1. The first-order valence-electron chi connectivity index (χ1n) is 17.5. The summed E-state index contributed by atoms with van der Waals surface area (Å²) in [6.45, 7) is 0. The largest absolute Gasteiger partial charge is 0.277 e. The molecule has 242 valence electrons. The van der Waals surface area contributed by atoms with Crippen molar-refractivity contribution in [3.8, 4) is 22.9 Å². The molecule has 0 N–H and O–H groups in total. The maximum Gasteiger partial charge on any atom is 0.264 e. The molecule has 0 fully saturated rings. The van der Waals surface area contributed by atoms with Crippen LogP contribution < -0.4 is 5.56 Å². The van der Waals surface area contributed by atoms with E-state index in [9.17, 15) is 0 Å². The summed E-state index contributed by atoms with van der Waals surface area (Å²) in [4.78, 5) is 26.0. The second-order valence-electron chi connectivity index (χ2n) is 13.3. The average Bonchev–Trinajstić information content (AvgIpc) is 3.56. The maximum absolute atomic E-state index is 15.1. The van der Waals surface area contributed by atoms with Crippen LogP contribution in [0.2, 0.25) is 0 Å². The van der Waals surface area contributed by atoms with Gasteiger partial charge in [-0.25, -0.2) is 9.97 Å². The van der Waals surface area contributed by atoms with Gasteiger partial charge in [-0.3, -0.25) is 13.9 Å². The van der Waals surface area contributed by atoms with Gasteiger partial charge in [-0.15, -0.1) is 0 Å². The van der Waals surface area contributed by atoms with Crippen LogP contribution in [0, 0.1) is 0 Å². The third-order valence-electron chi connectivity index (χ3n) is 10.5. The molecule has 0 saturated carbocycles. The molecule has 0 spiro atoms. The molecule has 5 nitrogen and oxygen atoms in total. The normalized spacial score (nSPS) is 11.9. The Morgan fingerprint density at radius 1 is 0.404 bits per heavy atom. The third-order valence-corrected chi connectivity index (χ3v) is 10.5. The summed E-state index contributed by atoms with van der Waals surface area (Å²) in [6, 6.07) is 57.9. The lowest BCUT2D eigenvalue weighted by molar-refractivity contribution is 1.02. The number of benzene rings is 8. The van der Waals surface area contributed by atoms with E-state index in [2.05, 4.69) is 120 Å². The van der Waals surface area contributed by atoms with E-state index in [0.29, 0.717) is 11.3 Å². The Balaban J connectivity index is 1.40. The van der Waals surface area contributed by atoms with E-state index in [4.69, 9.17) is 9.97 Å². The van der Waals surface area contributed by atoms with Crippen molar-refractivity contribution in [1.29, 1.82) is 0 Å². The molecule has 8 aromatic carbocycles. The number of rotatable bonds is 3. The van der Waals surface area contributed by atoms with Crippen LogP contribution in [-0.4, -0.2) is 19.1 Å². The van der Waals surface area contributed by atoms with Gasteiger partial charge in [0, 0.05) is 38.2 Å². The number of para-hydroxylation sites is 3. The van der Waals surface area contributed by atoms with Gasteiger partial charge < -0.3 is 0 Å². The Labute approximate surface area is 297 Å². The van der Waals surface area contributed by atoms with Crippen LogP contribution in [0.15, 0.2) is 175 Å². The van der Waals surface area contributed by atoms with Gasteiger partial charge in [0.05, 0.1) is 33.1 Å². The molecule has 3 aromatic heterocycles. The Kier molecular flexibility index (Phi) is 6.04. The second kappa shape index (κ2) is 10.9. The van der Waals surface area contributed by atoms with Crippen LogP contribution in [0.3, 0.4) is 0 Å². The Morgan fingerprint density at radius 3 is 1.69 bits per heavy atom. The lowest BCUT2D eigenvalue weighted by Crippen LogP contribution is -2.19. The highest BCUT2D eigenvalue weighted by atomic mass is 16.1. The zero-order valence-corrected chi connectivity index (χ0v) is 27.9. The minimum atomic E-state index is -0.0642. The van der Waals surface area contributed by atoms with E-state index < -0.39 is 0 Å². The molecule has 0 aliphatic rings. The molecule has 0 atom stereocenters. The van der Waals surface area contributed by atoms with Crippen molar-refractivity contribution in [2.75, 3.05) is 0 Å². The molecule has 52 heavy (non-hydrogen) atoms. The van der Waals surface area contributed by atoms with E-state index in [1.165, 1.54) is 0 Å². The van der Waals surface area contributed by atoms with Crippen LogP contribution >= 0.6 is 0 Å². The van der Waals surface area contributed by atoms with Crippen LogP contribution in [0.5, 0.6) is 0 Å². The van der Waals surface area contributed by atoms with Crippen molar-refractivity contribution in [2.45, 2.75) is 0 Å². The van der Waals surface area contributed by atoms with Gasteiger partial charge in [-0.2, -0.15) is 0 Å². The molecular formula is C47H28N4O. The van der Waals surface area contributed by atoms with Crippen molar-refractivity contribution in [3.05, 3.63) is 180 Å². The third kappa shape index (κ3) is 3.96. The standard InChI is InChI=1S/C47H28N4O/c52-46-43-34-22-10-9-21-33(34)40-35-23-11-14-26-39(35)51(45(40)42(43)36-24-12-13-25-38(36)50(46)31-18-5-2-6-19-31)47-48-37-28-27-29-15-7-8-20-32(29)41(37)44(49-47)30-16-3-1-4-17-30/h1-28H. The quantitative estimate of drug-likeness (QED) is 0.177. The lowest BCUT2D eigenvalue weighted by Gasteiger charge is -2.18. The number of hydrogen-bond donors (Lipinski definition) is 0. The Morgan fingerprint density at radius 2 is 0.962 bits per heavy atom. The number of hydrogen-bond acceptors (Lipinski definition) is 3. The van der Waals surface area contributed by atoms with Gasteiger partial charge in [0.25, 0.3) is 5.56 Å². The summed E-state index contributed by atoms with van der Waals surface area (Å²) < 4.78 is 4.05. The fourth-order valence-electron chi connectivity index (χ4n) is 8.34. The van der Waals surface area contributed by atoms with Crippen molar-refractivity contribution < 1.29 is 0 Å². The predicted molar refractivity (Wildman–Crippen MR) is 215 cm³/mol. The van der Waals surface area contributed by atoms with Crippen molar-refractivity contribution >= 4 is 75.9 Å². The summed E-state index contributed by atoms with van der Waals surface area (Å²) in [7, 11) is 0. The molecule has 11 aromatic rings. The molecule has 0 aliphatic heterocycles. The topological polar surface area (TPSA) is 52.7 Å². The number of fused-ring (bicyclic) bond motifs is 13. The molecule has 0 amide bonds.